The molecule has 0 aromatic carbocycles. The van der Waals surface area contributed by atoms with Crippen LogP contribution in [0.3, 0.4) is 0 Å². The highest BCUT2D eigenvalue weighted by Crippen LogP contribution is 2.52. The van der Waals surface area contributed by atoms with Crippen molar-refractivity contribution in [3.8, 4) is 6.07 Å². The lowest BCUT2D eigenvalue weighted by Gasteiger charge is -2.36. The minimum absolute atomic E-state index is 0.249. The van der Waals surface area contributed by atoms with Gasteiger partial charge in [-0.1, -0.05) is 0 Å². The SMILES string of the molecule is CC1(C)OC2C(COC3CCCCO3)OC(C#N)(C3SC=C4C(N)=NC=NC43)C2O1. The van der Waals surface area contributed by atoms with Crippen LogP contribution in [0.25, 0.3) is 0 Å². The molecule has 5 heterocycles. The van der Waals surface area contributed by atoms with E-state index in [0.717, 1.165) is 24.8 Å². The number of fused-ring (bicyclic) bond motifs is 2. The number of hydrogen-bond donors (Lipinski definition) is 1. The number of nitriles is 1. The lowest BCUT2D eigenvalue weighted by Crippen LogP contribution is -2.54. The highest BCUT2D eigenvalue weighted by molar-refractivity contribution is 8.03. The molecule has 0 aromatic heterocycles. The van der Waals surface area contributed by atoms with Crippen molar-refractivity contribution in [1.29, 1.82) is 5.26 Å². The Kier molecular flexibility index (Phi) is 5.16. The molecule has 0 aromatic rings. The molecular weight excluding hydrogens is 408 g/mol. The topological polar surface area (TPSA) is 121 Å². The van der Waals surface area contributed by atoms with Crippen molar-refractivity contribution in [2.24, 2.45) is 15.7 Å². The van der Waals surface area contributed by atoms with Crippen LogP contribution in [0.4, 0.5) is 0 Å². The Hall–Kier alpha value is -1.48. The molecule has 0 aliphatic carbocycles. The number of ether oxygens (including phenoxy) is 5. The molecule has 0 saturated carbocycles. The summed E-state index contributed by atoms with van der Waals surface area (Å²) in [6.07, 6.45) is 2.73. The highest BCUT2D eigenvalue weighted by Gasteiger charge is 2.68. The summed E-state index contributed by atoms with van der Waals surface area (Å²) in [6.45, 7) is 4.67. The van der Waals surface area contributed by atoms with Gasteiger partial charge >= 0.3 is 0 Å². The second-order valence-corrected chi connectivity index (χ2v) is 9.58. The summed E-state index contributed by atoms with van der Waals surface area (Å²) in [5.74, 6) is -0.401. The van der Waals surface area contributed by atoms with E-state index >= 15 is 0 Å². The lowest BCUT2D eigenvalue weighted by molar-refractivity contribution is -0.220. The van der Waals surface area contributed by atoms with E-state index in [0.29, 0.717) is 12.4 Å². The van der Waals surface area contributed by atoms with Gasteiger partial charge in [0, 0.05) is 12.2 Å². The third kappa shape index (κ3) is 3.28. The third-order valence-electron chi connectivity index (χ3n) is 6.11. The van der Waals surface area contributed by atoms with Crippen LogP contribution in [0.5, 0.6) is 0 Å². The van der Waals surface area contributed by atoms with Gasteiger partial charge in [-0.05, 0) is 38.5 Å². The van der Waals surface area contributed by atoms with Gasteiger partial charge in [-0.2, -0.15) is 5.26 Å². The molecular formula is C20H26N4O5S. The van der Waals surface area contributed by atoms with Crippen molar-refractivity contribution < 1.29 is 23.7 Å². The van der Waals surface area contributed by atoms with E-state index in [4.69, 9.17) is 29.4 Å². The lowest BCUT2D eigenvalue weighted by atomic mass is 9.86. The summed E-state index contributed by atoms with van der Waals surface area (Å²) in [5, 5.41) is 11.9. The maximum absolute atomic E-state index is 10.4. The zero-order chi connectivity index (χ0) is 20.9. The first-order valence-electron chi connectivity index (χ1n) is 10.3. The van der Waals surface area contributed by atoms with Crippen LogP contribution >= 0.6 is 11.8 Å². The van der Waals surface area contributed by atoms with Gasteiger partial charge in [0.1, 0.15) is 36.6 Å². The van der Waals surface area contributed by atoms with Crippen molar-refractivity contribution >= 4 is 23.9 Å². The normalized spacial score (nSPS) is 44.2. The zero-order valence-corrected chi connectivity index (χ0v) is 17.8. The first kappa shape index (κ1) is 20.4. The van der Waals surface area contributed by atoms with Crippen LogP contribution in [-0.2, 0) is 23.7 Å². The summed E-state index contributed by atoms with van der Waals surface area (Å²) in [7, 11) is 0. The van der Waals surface area contributed by atoms with Crippen molar-refractivity contribution in [3.05, 3.63) is 11.0 Å². The standard InChI is InChI=1S/C20H26N4O5S/c1-19(2)28-15-12(7-26-13-5-3-4-6-25-13)27-20(9-21,16(15)29-19)17-14-11(8-30-17)18(22)24-10-23-14/h8,10,12-17H,3-7H2,1-2H3,(H2,22,23,24). The smallest absolute Gasteiger partial charge is 0.197 e. The Morgan fingerprint density at radius 2 is 2.20 bits per heavy atom. The van der Waals surface area contributed by atoms with Crippen LogP contribution in [0.1, 0.15) is 33.1 Å². The zero-order valence-electron chi connectivity index (χ0n) is 17.0. The first-order valence-corrected chi connectivity index (χ1v) is 11.3. The molecule has 0 radical (unpaired) electrons. The van der Waals surface area contributed by atoms with Gasteiger partial charge in [0.15, 0.2) is 17.7 Å². The molecule has 7 unspecified atom stereocenters. The molecule has 7 atom stereocenters. The molecule has 162 valence electrons. The summed E-state index contributed by atoms with van der Waals surface area (Å²) < 4.78 is 30.5. The largest absolute Gasteiger partial charge is 0.383 e. The van der Waals surface area contributed by atoms with Crippen LogP contribution in [0.2, 0.25) is 0 Å². The van der Waals surface area contributed by atoms with Crippen molar-refractivity contribution in [2.75, 3.05) is 13.2 Å². The summed E-state index contributed by atoms with van der Waals surface area (Å²) in [5.41, 5.74) is 5.59. The Balaban J connectivity index is 1.40. The van der Waals surface area contributed by atoms with Crippen LogP contribution < -0.4 is 5.73 Å². The fourth-order valence-corrected chi connectivity index (χ4v) is 6.10. The monoisotopic (exact) mass is 434 g/mol. The number of nitrogens with two attached hydrogens (primary N) is 1. The molecule has 0 amide bonds. The predicted molar refractivity (Wildman–Crippen MR) is 110 cm³/mol. The van der Waals surface area contributed by atoms with Crippen LogP contribution in [0.15, 0.2) is 21.0 Å². The second kappa shape index (κ2) is 7.58. The van der Waals surface area contributed by atoms with Crippen molar-refractivity contribution in [2.45, 2.75) is 80.4 Å². The average molecular weight is 435 g/mol. The van der Waals surface area contributed by atoms with Gasteiger partial charge in [0.2, 0.25) is 0 Å². The summed E-state index contributed by atoms with van der Waals surface area (Å²) in [4.78, 5) is 8.57. The minimum atomic E-state index is -1.26. The van der Waals surface area contributed by atoms with Gasteiger partial charge in [-0.3, -0.25) is 4.99 Å². The molecule has 10 heteroatoms. The van der Waals surface area contributed by atoms with Crippen molar-refractivity contribution in [3.63, 3.8) is 0 Å². The molecule has 5 aliphatic heterocycles. The van der Waals surface area contributed by atoms with Gasteiger partial charge in [0.25, 0.3) is 0 Å². The number of thioether (sulfide) groups is 1. The number of amidine groups is 1. The predicted octanol–water partition coefficient (Wildman–Crippen LogP) is 1.48. The summed E-state index contributed by atoms with van der Waals surface area (Å²) >= 11 is 1.48. The van der Waals surface area contributed by atoms with E-state index in [-0.39, 0.29) is 24.2 Å². The quantitative estimate of drug-likeness (QED) is 0.706. The highest BCUT2D eigenvalue weighted by atomic mass is 32.2. The molecule has 0 bridgehead atoms. The van der Waals surface area contributed by atoms with E-state index < -0.39 is 29.7 Å². The van der Waals surface area contributed by atoms with Crippen molar-refractivity contribution in [1.82, 2.24) is 0 Å². The Bertz CT molecular complexity index is 834. The fraction of sp³-hybridized carbons (Fsp3) is 0.750. The fourth-order valence-electron chi connectivity index (χ4n) is 4.74. The first-order chi connectivity index (χ1) is 14.4. The molecule has 30 heavy (non-hydrogen) atoms. The van der Waals surface area contributed by atoms with Gasteiger partial charge < -0.3 is 29.4 Å². The van der Waals surface area contributed by atoms with Crippen LogP contribution in [0, 0.1) is 11.3 Å². The average Bonchev–Trinajstić information content (AvgIpc) is 3.38. The molecule has 9 nitrogen and oxygen atoms in total. The molecule has 5 aliphatic rings. The molecule has 3 saturated heterocycles. The number of hydrogen-bond acceptors (Lipinski definition) is 10. The molecule has 0 spiro atoms. The molecule has 3 fully saturated rings. The Morgan fingerprint density at radius 1 is 1.33 bits per heavy atom. The van der Waals surface area contributed by atoms with Gasteiger partial charge in [-0.25, -0.2) is 4.99 Å². The molecule has 2 N–H and O–H groups in total. The van der Waals surface area contributed by atoms with Gasteiger partial charge in [0.05, 0.1) is 17.9 Å². The van der Waals surface area contributed by atoms with Crippen LogP contribution in [-0.4, -0.2) is 72.7 Å². The maximum atomic E-state index is 10.4. The van der Waals surface area contributed by atoms with Gasteiger partial charge in [-0.15, -0.1) is 11.8 Å². The number of rotatable bonds is 4. The Morgan fingerprint density at radius 3 is 2.97 bits per heavy atom. The van der Waals surface area contributed by atoms with E-state index in [1.165, 1.54) is 18.1 Å². The van der Waals surface area contributed by atoms with E-state index in [9.17, 15) is 5.26 Å². The molecule has 5 rings (SSSR count). The van der Waals surface area contributed by atoms with E-state index in [1.54, 1.807) is 0 Å². The summed E-state index contributed by atoms with van der Waals surface area (Å²) in [6, 6.07) is 2.10. The minimum Gasteiger partial charge on any atom is -0.383 e. The van der Waals surface area contributed by atoms with E-state index in [2.05, 4.69) is 16.1 Å². The second-order valence-electron chi connectivity index (χ2n) is 8.57. The number of aliphatic imine (C=N–C) groups is 2. The maximum Gasteiger partial charge on any atom is 0.197 e. The third-order valence-corrected chi connectivity index (χ3v) is 7.40. The van der Waals surface area contributed by atoms with E-state index in [1.807, 2.05) is 19.3 Å². The Labute approximate surface area is 179 Å². The number of nitrogens with zero attached hydrogens (tertiary/aromatic N) is 3.